The molecule has 1 aromatic heterocycles. The maximum absolute atomic E-state index is 5.71. The van der Waals surface area contributed by atoms with Crippen LogP contribution < -0.4 is 5.73 Å². The number of aryl methyl sites for hydroxylation is 1. The summed E-state index contributed by atoms with van der Waals surface area (Å²) in [5.74, 6) is 1.16. The van der Waals surface area contributed by atoms with Gasteiger partial charge in [-0.05, 0) is 36.5 Å². The Bertz CT molecular complexity index is 304. The van der Waals surface area contributed by atoms with E-state index in [9.17, 15) is 0 Å². The molecule has 0 radical (unpaired) electrons. The van der Waals surface area contributed by atoms with Crippen LogP contribution in [0.25, 0.3) is 0 Å². The summed E-state index contributed by atoms with van der Waals surface area (Å²) in [6.07, 6.45) is 1.03. The maximum atomic E-state index is 5.71. The smallest absolute Gasteiger partial charge is 0.123 e. The van der Waals surface area contributed by atoms with E-state index in [0.29, 0.717) is 11.7 Å². The van der Waals surface area contributed by atoms with Gasteiger partial charge in [0.2, 0.25) is 0 Å². The maximum Gasteiger partial charge on any atom is 0.123 e. The molecule has 86 valence electrons. The molecule has 2 heteroatoms. The first-order chi connectivity index (χ1) is 7.06. The number of nitrogens with zero attached hydrogens (tertiary/aromatic N) is 1. The molecule has 1 heterocycles. The molecule has 0 aromatic carbocycles. The van der Waals surface area contributed by atoms with E-state index in [1.165, 1.54) is 11.1 Å². The van der Waals surface area contributed by atoms with Crippen molar-refractivity contribution in [3.8, 4) is 0 Å². The van der Waals surface area contributed by atoms with Gasteiger partial charge in [-0.3, -0.25) is 0 Å². The Kier molecular flexibility index (Phi) is 5.99. The molecule has 0 atom stereocenters. The number of hydrogen-bond acceptors (Lipinski definition) is 2. The molecule has 0 aliphatic heterocycles. The average Bonchev–Trinajstić information content (AvgIpc) is 2.19. The number of nitrogen functional groups attached to an aromatic ring is 1. The number of rotatable bonds is 2. The number of pyridine rings is 1. The van der Waals surface area contributed by atoms with Crippen LogP contribution in [-0.4, -0.2) is 4.98 Å². The zero-order chi connectivity index (χ0) is 12.0. The van der Waals surface area contributed by atoms with Gasteiger partial charge in [0, 0.05) is 5.69 Å². The van der Waals surface area contributed by atoms with E-state index in [1.54, 1.807) is 0 Å². The second-order valence-corrected chi connectivity index (χ2v) is 3.71. The van der Waals surface area contributed by atoms with E-state index in [2.05, 4.69) is 25.8 Å². The van der Waals surface area contributed by atoms with Crippen molar-refractivity contribution in [2.75, 3.05) is 5.73 Å². The van der Waals surface area contributed by atoms with Gasteiger partial charge in [-0.25, -0.2) is 4.98 Å². The van der Waals surface area contributed by atoms with Crippen LogP contribution in [0.15, 0.2) is 6.07 Å². The monoisotopic (exact) mass is 208 g/mol. The summed E-state index contributed by atoms with van der Waals surface area (Å²) in [7, 11) is 0. The van der Waals surface area contributed by atoms with E-state index in [0.717, 1.165) is 12.1 Å². The van der Waals surface area contributed by atoms with E-state index in [1.807, 2.05) is 26.8 Å². The lowest BCUT2D eigenvalue weighted by Crippen LogP contribution is -2.03. The second-order valence-electron chi connectivity index (χ2n) is 3.71. The van der Waals surface area contributed by atoms with Crippen molar-refractivity contribution in [3.05, 3.63) is 22.9 Å². The standard InChI is InChI=1S/C11H18N2.C2H6/c1-5-9-8(4)13-11(12)6-10(9)7(2)3;1-2/h6-7H,5H2,1-4H3,(H2,12,13);1-2H3. The summed E-state index contributed by atoms with van der Waals surface area (Å²) in [6, 6.07) is 2.00. The van der Waals surface area contributed by atoms with E-state index >= 15 is 0 Å². The third-order valence-electron chi connectivity index (χ3n) is 2.36. The van der Waals surface area contributed by atoms with E-state index < -0.39 is 0 Å². The van der Waals surface area contributed by atoms with Crippen LogP contribution in [0.2, 0.25) is 0 Å². The third kappa shape index (κ3) is 3.54. The van der Waals surface area contributed by atoms with Crippen molar-refractivity contribution in [2.45, 2.75) is 53.9 Å². The number of anilines is 1. The molecule has 0 unspecified atom stereocenters. The predicted octanol–water partition coefficient (Wildman–Crippen LogP) is 3.68. The zero-order valence-electron chi connectivity index (χ0n) is 10.9. The summed E-state index contributed by atoms with van der Waals surface area (Å²) >= 11 is 0. The molecule has 15 heavy (non-hydrogen) atoms. The normalized spacial score (nSPS) is 9.80. The minimum atomic E-state index is 0.527. The van der Waals surface area contributed by atoms with Crippen LogP contribution in [0, 0.1) is 6.92 Å². The van der Waals surface area contributed by atoms with Crippen molar-refractivity contribution in [1.29, 1.82) is 0 Å². The predicted molar refractivity (Wildman–Crippen MR) is 68.2 cm³/mol. The number of hydrogen-bond donors (Lipinski definition) is 1. The lowest BCUT2D eigenvalue weighted by atomic mass is 9.95. The molecule has 0 aliphatic carbocycles. The highest BCUT2D eigenvalue weighted by Crippen LogP contribution is 2.23. The highest BCUT2D eigenvalue weighted by Gasteiger charge is 2.09. The van der Waals surface area contributed by atoms with Crippen LogP contribution in [-0.2, 0) is 6.42 Å². The van der Waals surface area contributed by atoms with Gasteiger partial charge >= 0.3 is 0 Å². The zero-order valence-corrected chi connectivity index (χ0v) is 10.9. The van der Waals surface area contributed by atoms with E-state index in [-0.39, 0.29) is 0 Å². The van der Waals surface area contributed by atoms with Gasteiger partial charge in [0.25, 0.3) is 0 Å². The van der Waals surface area contributed by atoms with Crippen molar-refractivity contribution >= 4 is 5.82 Å². The van der Waals surface area contributed by atoms with Gasteiger partial charge in [0.05, 0.1) is 0 Å². The van der Waals surface area contributed by atoms with Gasteiger partial charge in [-0.1, -0.05) is 34.6 Å². The largest absolute Gasteiger partial charge is 0.384 e. The average molecular weight is 208 g/mol. The molecule has 0 spiro atoms. The Morgan fingerprint density at radius 3 is 2.27 bits per heavy atom. The van der Waals surface area contributed by atoms with Crippen molar-refractivity contribution in [2.24, 2.45) is 0 Å². The summed E-state index contributed by atoms with van der Waals surface area (Å²) in [5.41, 5.74) is 9.48. The van der Waals surface area contributed by atoms with Gasteiger partial charge in [0.15, 0.2) is 0 Å². The summed E-state index contributed by atoms with van der Waals surface area (Å²) < 4.78 is 0. The van der Waals surface area contributed by atoms with Crippen molar-refractivity contribution < 1.29 is 0 Å². The molecular formula is C13H24N2. The molecule has 2 N–H and O–H groups in total. The van der Waals surface area contributed by atoms with Crippen molar-refractivity contribution in [1.82, 2.24) is 4.98 Å². The molecule has 0 saturated carbocycles. The van der Waals surface area contributed by atoms with Crippen LogP contribution in [0.3, 0.4) is 0 Å². The lowest BCUT2D eigenvalue weighted by molar-refractivity contribution is 0.832. The molecule has 0 saturated heterocycles. The first kappa shape index (κ1) is 13.9. The second kappa shape index (κ2) is 6.44. The molecule has 2 nitrogen and oxygen atoms in total. The first-order valence-electron chi connectivity index (χ1n) is 5.82. The highest BCUT2D eigenvalue weighted by molar-refractivity contribution is 5.42. The molecule has 0 bridgehead atoms. The number of aromatic nitrogens is 1. The topological polar surface area (TPSA) is 38.9 Å². The van der Waals surface area contributed by atoms with Gasteiger partial charge in [0.1, 0.15) is 5.82 Å². The molecule has 0 amide bonds. The fourth-order valence-electron chi connectivity index (χ4n) is 1.72. The van der Waals surface area contributed by atoms with Crippen LogP contribution in [0.5, 0.6) is 0 Å². The van der Waals surface area contributed by atoms with Crippen molar-refractivity contribution in [3.63, 3.8) is 0 Å². The summed E-state index contributed by atoms with van der Waals surface area (Å²) in [5, 5.41) is 0. The van der Waals surface area contributed by atoms with Gasteiger partial charge in [-0.2, -0.15) is 0 Å². The minimum absolute atomic E-state index is 0.527. The van der Waals surface area contributed by atoms with E-state index in [4.69, 9.17) is 5.73 Å². The minimum Gasteiger partial charge on any atom is -0.384 e. The fraction of sp³-hybridized carbons (Fsp3) is 0.615. The van der Waals surface area contributed by atoms with Crippen LogP contribution in [0.1, 0.15) is 57.4 Å². The molecule has 0 fully saturated rings. The SMILES string of the molecule is CC.CCc1c(C(C)C)cc(N)nc1C. The number of nitrogens with two attached hydrogens (primary N) is 1. The Hall–Kier alpha value is -1.05. The summed E-state index contributed by atoms with van der Waals surface area (Å²) in [4.78, 5) is 4.27. The highest BCUT2D eigenvalue weighted by atomic mass is 14.8. The fourth-order valence-corrected chi connectivity index (χ4v) is 1.72. The van der Waals surface area contributed by atoms with Crippen LogP contribution >= 0.6 is 0 Å². The Morgan fingerprint density at radius 1 is 1.33 bits per heavy atom. The molecule has 0 aliphatic rings. The molecule has 1 aromatic rings. The van der Waals surface area contributed by atoms with Crippen LogP contribution in [0.4, 0.5) is 5.82 Å². The molecule has 1 rings (SSSR count). The van der Waals surface area contributed by atoms with Gasteiger partial charge in [-0.15, -0.1) is 0 Å². The first-order valence-corrected chi connectivity index (χ1v) is 5.82. The lowest BCUT2D eigenvalue weighted by Gasteiger charge is -2.14. The quantitative estimate of drug-likeness (QED) is 0.805. The Labute approximate surface area is 93.9 Å². The molecular weight excluding hydrogens is 184 g/mol. The summed E-state index contributed by atoms with van der Waals surface area (Å²) in [6.45, 7) is 12.6. The Morgan fingerprint density at radius 2 is 1.87 bits per heavy atom. The Balaban J connectivity index is 0.000000921. The third-order valence-corrected chi connectivity index (χ3v) is 2.36. The van der Waals surface area contributed by atoms with Gasteiger partial charge < -0.3 is 5.73 Å².